The summed E-state index contributed by atoms with van der Waals surface area (Å²) in [7, 11) is -3.45. The first kappa shape index (κ1) is 30.5. The minimum Gasteiger partial charge on any atom is -0.475 e. The molecule has 37 heavy (non-hydrogen) atoms. The first-order chi connectivity index (χ1) is 16.9. The lowest BCUT2D eigenvalue weighted by molar-refractivity contribution is -0.192. The zero-order valence-corrected chi connectivity index (χ0v) is 20.6. The first-order valence-corrected chi connectivity index (χ1v) is 12.6. The lowest BCUT2D eigenvalue weighted by Crippen LogP contribution is -2.27. The highest BCUT2D eigenvalue weighted by molar-refractivity contribution is 7.88. The quantitative estimate of drug-likeness (QED) is 0.445. The molecule has 2 aromatic rings. The number of alkyl halides is 6. The van der Waals surface area contributed by atoms with E-state index in [0.717, 1.165) is 24.8 Å². The Bertz CT molecular complexity index is 1230. The van der Waals surface area contributed by atoms with E-state index in [1.165, 1.54) is 12.3 Å². The normalized spacial score (nSPS) is 16.4. The monoisotopic (exact) mass is 577 g/mol. The highest BCUT2D eigenvalue weighted by Crippen LogP contribution is 2.37. The van der Waals surface area contributed by atoms with Crippen molar-refractivity contribution in [2.75, 3.05) is 30.8 Å². The number of nitrogens with two attached hydrogens (primary N) is 1. The van der Waals surface area contributed by atoms with Gasteiger partial charge >= 0.3 is 18.3 Å². The van der Waals surface area contributed by atoms with E-state index in [9.17, 15) is 34.8 Å². The summed E-state index contributed by atoms with van der Waals surface area (Å²) in [5.41, 5.74) is 5.45. The Hall–Kier alpha value is -2.69. The maximum Gasteiger partial charge on any atom is 0.490 e. The van der Waals surface area contributed by atoms with Crippen LogP contribution in [0.1, 0.15) is 17.5 Å². The van der Waals surface area contributed by atoms with Crippen molar-refractivity contribution in [1.82, 2.24) is 14.7 Å². The van der Waals surface area contributed by atoms with Crippen LogP contribution in [0.4, 0.5) is 32.2 Å². The van der Waals surface area contributed by atoms with Crippen LogP contribution in [0.25, 0.3) is 11.4 Å². The molecule has 1 aromatic carbocycles. The third-order valence-corrected chi connectivity index (χ3v) is 6.06. The smallest absolute Gasteiger partial charge is 0.475 e. The van der Waals surface area contributed by atoms with Gasteiger partial charge in [0.2, 0.25) is 10.0 Å². The minimum absolute atomic E-state index is 0.0351. The van der Waals surface area contributed by atoms with Gasteiger partial charge in [-0.3, -0.25) is 0 Å². The average molecular weight is 578 g/mol. The molecule has 206 valence electrons. The highest BCUT2D eigenvalue weighted by atomic mass is 35.5. The van der Waals surface area contributed by atoms with Crippen LogP contribution in [0, 0.1) is 5.92 Å². The zero-order valence-electron chi connectivity index (χ0n) is 19.1. The molecule has 0 saturated carbocycles. The van der Waals surface area contributed by atoms with Crippen LogP contribution in [0.3, 0.4) is 0 Å². The molecular weight excluding hydrogens is 556 g/mol. The summed E-state index contributed by atoms with van der Waals surface area (Å²) in [6.07, 6.45) is -6.39. The van der Waals surface area contributed by atoms with Gasteiger partial charge in [0.15, 0.2) is 5.82 Å². The minimum atomic E-state index is -5.08. The van der Waals surface area contributed by atoms with Crippen LogP contribution in [-0.2, 0) is 27.5 Å². The molecule has 9 nitrogen and oxygen atoms in total. The molecule has 1 fully saturated rings. The standard InChI is InChI=1S/C18H21ClF3N5O2S.C2HF3O2/c1-30(28,29)25-9-13-8-24-16(26-17(13)27-5-4-11(7-23)10-27)12-2-3-15(19)14(6-12)18(20,21)22;3-2(4,5)1(6)7/h2-3,6,8,11,25H,4-5,7,9-10,23H2,1H3;(H,6,7). The summed E-state index contributed by atoms with van der Waals surface area (Å²) in [6.45, 7) is 1.73. The molecule has 0 aliphatic carbocycles. The van der Waals surface area contributed by atoms with E-state index in [-0.39, 0.29) is 23.9 Å². The molecule has 1 saturated heterocycles. The van der Waals surface area contributed by atoms with E-state index in [2.05, 4.69) is 14.7 Å². The molecule has 0 bridgehead atoms. The number of anilines is 1. The number of rotatable bonds is 6. The van der Waals surface area contributed by atoms with Crippen molar-refractivity contribution in [3.63, 3.8) is 0 Å². The summed E-state index contributed by atoms with van der Waals surface area (Å²) >= 11 is 5.70. The van der Waals surface area contributed by atoms with Gasteiger partial charge in [-0.15, -0.1) is 0 Å². The summed E-state index contributed by atoms with van der Waals surface area (Å²) in [4.78, 5) is 19.5. The molecular formula is C20H22ClF6N5O4S. The van der Waals surface area contributed by atoms with E-state index in [1.807, 2.05) is 4.90 Å². The number of benzene rings is 1. The topological polar surface area (TPSA) is 139 Å². The molecule has 0 amide bonds. The number of sulfonamides is 1. The molecule has 0 radical (unpaired) electrons. The van der Waals surface area contributed by atoms with Gasteiger partial charge in [-0.25, -0.2) is 27.9 Å². The van der Waals surface area contributed by atoms with Crippen molar-refractivity contribution in [1.29, 1.82) is 0 Å². The van der Waals surface area contributed by atoms with Crippen LogP contribution in [0.5, 0.6) is 0 Å². The predicted molar refractivity (Wildman–Crippen MR) is 122 cm³/mol. The molecule has 1 aliphatic rings. The van der Waals surface area contributed by atoms with Gasteiger partial charge in [-0.2, -0.15) is 26.3 Å². The van der Waals surface area contributed by atoms with Gasteiger partial charge < -0.3 is 15.7 Å². The Balaban J connectivity index is 0.000000604. The summed E-state index contributed by atoms with van der Waals surface area (Å²) in [6, 6.07) is 3.47. The van der Waals surface area contributed by atoms with E-state index < -0.39 is 38.9 Å². The predicted octanol–water partition coefficient (Wildman–Crippen LogP) is 3.28. The number of nitrogens with one attached hydrogen (secondary N) is 1. The summed E-state index contributed by atoms with van der Waals surface area (Å²) in [5, 5.41) is 6.71. The lowest BCUT2D eigenvalue weighted by atomic mass is 10.1. The van der Waals surface area contributed by atoms with E-state index in [1.54, 1.807) is 0 Å². The summed E-state index contributed by atoms with van der Waals surface area (Å²) < 4.78 is 96.8. The fraction of sp³-hybridized carbons (Fsp3) is 0.450. The molecule has 1 atom stereocenters. The molecule has 0 spiro atoms. The third-order valence-electron chi connectivity index (χ3n) is 5.06. The Labute approximate surface area is 212 Å². The number of halogens is 7. The zero-order chi connectivity index (χ0) is 28.2. The van der Waals surface area contributed by atoms with Crippen molar-refractivity contribution in [2.24, 2.45) is 11.7 Å². The second kappa shape index (κ2) is 11.8. The Morgan fingerprint density at radius 2 is 1.89 bits per heavy atom. The van der Waals surface area contributed by atoms with E-state index >= 15 is 0 Å². The Kier molecular flexibility index (Phi) is 9.73. The first-order valence-electron chi connectivity index (χ1n) is 10.3. The Morgan fingerprint density at radius 3 is 2.38 bits per heavy atom. The highest BCUT2D eigenvalue weighted by Gasteiger charge is 2.38. The fourth-order valence-electron chi connectivity index (χ4n) is 3.24. The van der Waals surface area contributed by atoms with E-state index in [0.29, 0.717) is 31.0 Å². The van der Waals surface area contributed by atoms with Crippen molar-refractivity contribution in [2.45, 2.75) is 25.3 Å². The largest absolute Gasteiger partial charge is 0.490 e. The van der Waals surface area contributed by atoms with Gasteiger partial charge in [-0.1, -0.05) is 11.6 Å². The van der Waals surface area contributed by atoms with Crippen LogP contribution < -0.4 is 15.4 Å². The number of carboxylic acids is 1. The number of nitrogens with zero attached hydrogens (tertiary/aromatic N) is 3. The van der Waals surface area contributed by atoms with Crippen LogP contribution >= 0.6 is 11.6 Å². The molecule has 2 heterocycles. The molecule has 3 rings (SSSR count). The van der Waals surface area contributed by atoms with Crippen molar-refractivity contribution >= 4 is 33.4 Å². The van der Waals surface area contributed by atoms with Crippen molar-refractivity contribution < 1.29 is 44.7 Å². The number of aliphatic carboxylic acids is 1. The van der Waals surface area contributed by atoms with Crippen molar-refractivity contribution in [3.8, 4) is 11.4 Å². The molecule has 4 N–H and O–H groups in total. The number of aromatic nitrogens is 2. The molecule has 17 heteroatoms. The van der Waals surface area contributed by atoms with Gasteiger partial charge in [-0.05, 0) is 37.1 Å². The maximum atomic E-state index is 13.2. The lowest BCUT2D eigenvalue weighted by Gasteiger charge is -2.21. The average Bonchev–Trinajstić information content (AvgIpc) is 3.25. The Morgan fingerprint density at radius 1 is 1.27 bits per heavy atom. The summed E-state index contributed by atoms with van der Waals surface area (Å²) in [5.74, 6) is -1.94. The number of carbonyl (C=O) groups is 1. The fourth-order valence-corrected chi connectivity index (χ4v) is 3.89. The van der Waals surface area contributed by atoms with Crippen LogP contribution in [-0.4, -0.2) is 61.5 Å². The number of hydrogen-bond acceptors (Lipinski definition) is 7. The van der Waals surface area contributed by atoms with Crippen LogP contribution in [0.2, 0.25) is 5.02 Å². The van der Waals surface area contributed by atoms with Gasteiger partial charge in [0, 0.05) is 37.0 Å². The number of carboxylic acid groups (broad SMARTS) is 1. The molecule has 1 aromatic heterocycles. The second-order valence-corrected chi connectivity index (χ2v) is 10.2. The van der Waals surface area contributed by atoms with Gasteiger partial charge in [0.1, 0.15) is 5.82 Å². The maximum absolute atomic E-state index is 13.2. The number of hydrogen-bond donors (Lipinski definition) is 3. The SMILES string of the molecule is CS(=O)(=O)NCc1cnc(-c2ccc(Cl)c(C(F)(F)F)c2)nc1N1CCC(CN)C1.O=C(O)C(F)(F)F. The van der Waals surface area contributed by atoms with Crippen LogP contribution in [0.15, 0.2) is 24.4 Å². The third kappa shape index (κ3) is 8.98. The molecule has 1 unspecified atom stereocenters. The molecule has 1 aliphatic heterocycles. The van der Waals surface area contributed by atoms with Gasteiger partial charge in [0.25, 0.3) is 0 Å². The van der Waals surface area contributed by atoms with Gasteiger partial charge in [0.05, 0.1) is 16.8 Å². The van der Waals surface area contributed by atoms with Crippen molar-refractivity contribution in [3.05, 3.63) is 40.5 Å². The second-order valence-electron chi connectivity index (χ2n) is 7.97. The van der Waals surface area contributed by atoms with E-state index in [4.69, 9.17) is 27.2 Å².